The van der Waals surface area contributed by atoms with E-state index in [1.54, 1.807) is 0 Å². The number of benzene rings is 1. The molecule has 2 aromatic rings. The van der Waals surface area contributed by atoms with Crippen LogP contribution in [0.2, 0.25) is 0 Å². The number of hydrogen-bond acceptors (Lipinski definition) is 3. The van der Waals surface area contributed by atoms with E-state index < -0.39 is 24.0 Å². The van der Waals surface area contributed by atoms with Gasteiger partial charge in [-0.25, -0.2) is 9.82 Å². The average Bonchev–Trinajstić information content (AvgIpc) is 2.95. The Morgan fingerprint density at radius 2 is 1.48 bits per heavy atom. The van der Waals surface area contributed by atoms with Crippen LogP contribution in [0, 0.1) is 5.82 Å². The van der Waals surface area contributed by atoms with Crippen LogP contribution in [0.25, 0.3) is 11.3 Å². The van der Waals surface area contributed by atoms with Crippen LogP contribution in [0.4, 0.5) is 35.1 Å². The summed E-state index contributed by atoms with van der Waals surface area (Å²) in [6.45, 7) is 0. The predicted molar refractivity (Wildman–Crippen MR) is 70.8 cm³/mol. The molecule has 2 rings (SSSR count). The largest absolute Gasteiger partial charge is 0.462 e. The van der Waals surface area contributed by atoms with Crippen molar-refractivity contribution >= 4 is 6.21 Å². The van der Waals surface area contributed by atoms with Crippen molar-refractivity contribution in [1.29, 1.82) is 0 Å². The molecule has 0 aliphatic heterocycles. The number of rotatable bonds is 5. The maximum absolute atomic E-state index is 12.9. The Balaban J connectivity index is 2.09. The van der Waals surface area contributed by atoms with Crippen molar-refractivity contribution in [2.75, 3.05) is 0 Å². The van der Waals surface area contributed by atoms with Crippen LogP contribution >= 0.6 is 0 Å². The molecule has 0 unspecified atom stereocenters. The molecule has 25 heavy (non-hydrogen) atoms. The molecule has 1 heterocycles. The highest BCUT2D eigenvalue weighted by molar-refractivity contribution is 5.77. The van der Waals surface area contributed by atoms with Gasteiger partial charge in [-0.05, 0) is 36.4 Å². The molecule has 0 amide bonds. The standard InChI is InChI=1S/C14H8F8N2O/c15-9-3-1-8(2-4-9)11-6-5-10(25-11)7-23-24-14(21,22)12(16,17)13(18,19)20/h1-7,24H/b23-7+. The average molecular weight is 372 g/mol. The zero-order valence-electron chi connectivity index (χ0n) is 11.9. The van der Waals surface area contributed by atoms with Crippen LogP contribution in [0.5, 0.6) is 0 Å². The molecule has 0 atom stereocenters. The third-order valence-electron chi connectivity index (χ3n) is 2.90. The van der Waals surface area contributed by atoms with Gasteiger partial charge in [-0.15, -0.1) is 0 Å². The van der Waals surface area contributed by atoms with E-state index in [4.69, 9.17) is 4.42 Å². The maximum Gasteiger partial charge on any atom is 0.462 e. The van der Waals surface area contributed by atoms with Gasteiger partial charge in [0.2, 0.25) is 0 Å². The zero-order valence-corrected chi connectivity index (χ0v) is 11.9. The van der Waals surface area contributed by atoms with Gasteiger partial charge in [0.15, 0.2) is 0 Å². The lowest BCUT2D eigenvalue weighted by Crippen LogP contribution is -2.58. The fourth-order valence-electron chi connectivity index (χ4n) is 1.62. The van der Waals surface area contributed by atoms with Crippen LogP contribution in [-0.4, -0.2) is 24.4 Å². The van der Waals surface area contributed by atoms with Crippen molar-refractivity contribution in [2.24, 2.45) is 5.10 Å². The number of alkyl halides is 7. The summed E-state index contributed by atoms with van der Waals surface area (Å²) in [6.07, 6.45) is -5.97. The quantitative estimate of drug-likeness (QED) is 0.354. The lowest BCUT2D eigenvalue weighted by Gasteiger charge is -2.27. The highest BCUT2D eigenvalue weighted by Crippen LogP contribution is 2.44. The van der Waals surface area contributed by atoms with Crippen molar-refractivity contribution in [3.05, 3.63) is 48.0 Å². The minimum Gasteiger partial charge on any atom is -0.455 e. The van der Waals surface area contributed by atoms with E-state index in [1.165, 1.54) is 24.3 Å². The first-order valence-corrected chi connectivity index (χ1v) is 6.42. The van der Waals surface area contributed by atoms with Gasteiger partial charge in [0, 0.05) is 5.56 Å². The second kappa shape index (κ2) is 6.37. The Labute approximate surface area is 134 Å². The molecule has 0 radical (unpaired) electrons. The Morgan fingerprint density at radius 1 is 0.880 bits per heavy atom. The molecule has 136 valence electrons. The highest BCUT2D eigenvalue weighted by atomic mass is 19.4. The second-order valence-electron chi connectivity index (χ2n) is 4.73. The number of halogens is 8. The number of hydrogen-bond donors (Lipinski definition) is 1. The first-order valence-electron chi connectivity index (χ1n) is 6.42. The van der Waals surface area contributed by atoms with Gasteiger partial charge in [-0.1, -0.05) is 0 Å². The van der Waals surface area contributed by atoms with E-state index in [0.717, 1.165) is 12.1 Å². The molecular formula is C14H8F8N2O. The summed E-state index contributed by atoms with van der Waals surface area (Å²) >= 11 is 0. The summed E-state index contributed by atoms with van der Waals surface area (Å²) in [5, 5.41) is 2.66. The molecule has 0 aliphatic carbocycles. The second-order valence-corrected chi connectivity index (χ2v) is 4.73. The molecule has 1 aromatic carbocycles. The molecule has 3 nitrogen and oxygen atoms in total. The molecule has 0 saturated heterocycles. The van der Waals surface area contributed by atoms with Gasteiger partial charge in [-0.2, -0.15) is 35.8 Å². The minimum atomic E-state index is -6.46. The van der Waals surface area contributed by atoms with Gasteiger partial charge in [-0.3, -0.25) is 0 Å². The van der Waals surface area contributed by atoms with Gasteiger partial charge >= 0.3 is 18.1 Å². The number of furan rings is 1. The first kappa shape index (κ1) is 18.7. The fourth-order valence-corrected chi connectivity index (χ4v) is 1.62. The summed E-state index contributed by atoms with van der Waals surface area (Å²) in [6, 6.07) is 1.85. The van der Waals surface area contributed by atoms with Gasteiger partial charge in [0.25, 0.3) is 0 Å². The molecule has 11 heteroatoms. The van der Waals surface area contributed by atoms with Crippen molar-refractivity contribution in [1.82, 2.24) is 5.43 Å². The molecule has 0 spiro atoms. The summed E-state index contributed by atoms with van der Waals surface area (Å²) in [4.78, 5) is 0. The molecule has 0 saturated carbocycles. The lowest BCUT2D eigenvalue weighted by molar-refractivity contribution is -0.361. The van der Waals surface area contributed by atoms with E-state index in [0.29, 0.717) is 17.2 Å². The third kappa shape index (κ3) is 3.91. The number of hydrazone groups is 1. The molecule has 1 N–H and O–H groups in total. The van der Waals surface area contributed by atoms with E-state index >= 15 is 0 Å². The Bertz CT molecular complexity index is 749. The summed E-state index contributed by atoms with van der Waals surface area (Å²) in [7, 11) is 0. The van der Waals surface area contributed by atoms with Gasteiger partial charge < -0.3 is 4.42 Å². The van der Waals surface area contributed by atoms with E-state index in [1.807, 2.05) is 0 Å². The Hall–Kier alpha value is -2.59. The van der Waals surface area contributed by atoms with Crippen molar-refractivity contribution in [3.63, 3.8) is 0 Å². The summed E-state index contributed by atoms with van der Waals surface area (Å²) in [5.74, 6) is -6.86. The molecule has 0 bridgehead atoms. The van der Waals surface area contributed by atoms with Crippen molar-refractivity contribution < 1.29 is 39.5 Å². The monoisotopic (exact) mass is 372 g/mol. The van der Waals surface area contributed by atoms with Crippen LogP contribution in [0.3, 0.4) is 0 Å². The maximum atomic E-state index is 12.9. The number of nitrogens with one attached hydrogen (secondary N) is 1. The SMILES string of the molecule is Fc1ccc(-c2ccc(/C=N/NC(F)(F)C(F)(F)C(F)(F)F)o2)cc1. The minimum absolute atomic E-state index is 0.175. The van der Waals surface area contributed by atoms with E-state index in [-0.39, 0.29) is 11.5 Å². The Kier molecular flexibility index (Phi) is 4.78. The fraction of sp³-hybridized carbons (Fsp3) is 0.214. The van der Waals surface area contributed by atoms with E-state index in [9.17, 15) is 35.1 Å². The van der Waals surface area contributed by atoms with Gasteiger partial charge in [0.1, 0.15) is 17.3 Å². The lowest BCUT2D eigenvalue weighted by atomic mass is 10.2. The molecular weight excluding hydrogens is 364 g/mol. The van der Waals surface area contributed by atoms with Crippen molar-refractivity contribution in [3.8, 4) is 11.3 Å². The van der Waals surface area contributed by atoms with Crippen LogP contribution in [0.1, 0.15) is 5.76 Å². The molecule has 0 aliphatic rings. The molecule has 1 aromatic heterocycles. The predicted octanol–water partition coefficient (Wildman–Crippen LogP) is 4.80. The smallest absolute Gasteiger partial charge is 0.455 e. The number of nitrogens with zero attached hydrogens (tertiary/aromatic N) is 1. The topological polar surface area (TPSA) is 37.5 Å². The Morgan fingerprint density at radius 3 is 2.04 bits per heavy atom. The van der Waals surface area contributed by atoms with Crippen LogP contribution in [-0.2, 0) is 0 Å². The normalized spacial score (nSPS) is 13.4. The van der Waals surface area contributed by atoms with E-state index in [2.05, 4.69) is 5.10 Å². The highest BCUT2D eigenvalue weighted by Gasteiger charge is 2.73. The molecule has 0 fully saturated rings. The summed E-state index contributed by atoms with van der Waals surface area (Å²) in [5.41, 5.74) is 0.887. The third-order valence-corrected chi connectivity index (χ3v) is 2.90. The van der Waals surface area contributed by atoms with Crippen molar-refractivity contribution in [2.45, 2.75) is 18.1 Å². The zero-order chi connectivity index (χ0) is 18.9. The van der Waals surface area contributed by atoms with Crippen LogP contribution < -0.4 is 5.43 Å². The first-order chi connectivity index (χ1) is 11.4. The van der Waals surface area contributed by atoms with Crippen LogP contribution in [0.15, 0.2) is 45.9 Å². The summed E-state index contributed by atoms with van der Waals surface area (Å²) < 4.78 is 105. The van der Waals surface area contributed by atoms with Gasteiger partial charge in [0.05, 0.1) is 6.21 Å².